The molecule has 1 aromatic carbocycles. The molecule has 1 amide bonds. The molecule has 1 saturated carbocycles. The number of nitrogens with zero attached hydrogens (tertiary/aromatic N) is 4. The fraction of sp³-hybridized carbons (Fsp3) is 0.421. The highest BCUT2D eigenvalue weighted by atomic mass is 32.2. The summed E-state index contributed by atoms with van der Waals surface area (Å²) in [6.07, 6.45) is 4.25. The number of benzene rings is 1. The standard InChI is InChI=1S/C19H23F2N7O3S/c1-32(30,31)28-6-4-27(5-7-28)16-14(20)8-12(9-15(16)21)25-19-23-10-13(17(22)29)18(26-19)24-11-2-3-11/h8-11H,2-7H2,1H3,(H2,22,29)(H2,23,24,25,26). The Morgan fingerprint density at radius 3 is 2.31 bits per heavy atom. The molecule has 0 bridgehead atoms. The largest absolute Gasteiger partial charge is 0.367 e. The summed E-state index contributed by atoms with van der Waals surface area (Å²) < 4.78 is 54.1. The summed E-state index contributed by atoms with van der Waals surface area (Å²) >= 11 is 0. The van der Waals surface area contributed by atoms with Crippen molar-refractivity contribution in [1.82, 2.24) is 14.3 Å². The SMILES string of the molecule is CS(=O)(=O)N1CCN(c2c(F)cc(Nc3ncc(C(N)=O)c(NC4CC4)n3)cc2F)CC1. The molecule has 1 aliphatic heterocycles. The second kappa shape index (κ2) is 8.47. The molecule has 4 N–H and O–H groups in total. The smallest absolute Gasteiger partial charge is 0.254 e. The summed E-state index contributed by atoms with van der Waals surface area (Å²) in [5, 5.41) is 5.83. The molecule has 10 nitrogen and oxygen atoms in total. The lowest BCUT2D eigenvalue weighted by molar-refractivity contribution is 0.100. The van der Waals surface area contributed by atoms with Crippen molar-refractivity contribution in [3.8, 4) is 0 Å². The monoisotopic (exact) mass is 467 g/mol. The van der Waals surface area contributed by atoms with Crippen molar-refractivity contribution in [2.75, 3.05) is 48.0 Å². The van der Waals surface area contributed by atoms with Crippen LogP contribution in [0.3, 0.4) is 0 Å². The Morgan fingerprint density at radius 2 is 1.78 bits per heavy atom. The normalized spacial score (nSPS) is 17.3. The number of hydrogen-bond donors (Lipinski definition) is 3. The predicted molar refractivity (Wildman–Crippen MR) is 115 cm³/mol. The van der Waals surface area contributed by atoms with Gasteiger partial charge in [-0.25, -0.2) is 22.2 Å². The molecule has 4 rings (SSSR count). The van der Waals surface area contributed by atoms with Crippen LogP contribution < -0.4 is 21.3 Å². The van der Waals surface area contributed by atoms with Crippen molar-refractivity contribution in [2.24, 2.45) is 5.73 Å². The van der Waals surface area contributed by atoms with Gasteiger partial charge in [0.05, 0.1) is 11.8 Å². The zero-order valence-corrected chi connectivity index (χ0v) is 18.1. The van der Waals surface area contributed by atoms with Gasteiger partial charge in [0.15, 0.2) is 11.6 Å². The molecule has 32 heavy (non-hydrogen) atoms. The second-order valence-electron chi connectivity index (χ2n) is 7.80. The zero-order valence-electron chi connectivity index (χ0n) is 17.3. The minimum absolute atomic E-state index is 0.0477. The minimum Gasteiger partial charge on any atom is -0.367 e. The highest BCUT2D eigenvalue weighted by molar-refractivity contribution is 7.88. The Bertz CT molecular complexity index is 1130. The summed E-state index contributed by atoms with van der Waals surface area (Å²) in [6, 6.07) is 2.43. The Morgan fingerprint density at radius 1 is 1.16 bits per heavy atom. The van der Waals surface area contributed by atoms with Gasteiger partial charge < -0.3 is 21.3 Å². The number of carbonyl (C=O) groups excluding carboxylic acids is 1. The van der Waals surface area contributed by atoms with Gasteiger partial charge in [-0.05, 0) is 25.0 Å². The van der Waals surface area contributed by atoms with Gasteiger partial charge in [-0.2, -0.15) is 9.29 Å². The molecular formula is C19H23F2N7O3S. The minimum atomic E-state index is -3.35. The Balaban J connectivity index is 1.52. The number of nitrogens with one attached hydrogen (secondary N) is 2. The molecule has 172 valence electrons. The molecule has 1 aromatic heterocycles. The molecule has 0 atom stereocenters. The fourth-order valence-corrected chi connectivity index (χ4v) is 4.29. The van der Waals surface area contributed by atoms with Crippen LogP contribution in [0.2, 0.25) is 0 Å². The molecule has 2 aliphatic rings. The Labute approximate surface area is 183 Å². The second-order valence-corrected chi connectivity index (χ2v) is 9.78. The lowest BCUT2D eigenvalue weighted by Gasteiger charge is -2.35. The van der Waals surface area contributed by atoms with E-state index in [1.807, 2.05) is 0 Å². The number of sulfonamides is 1. The van der Waals surface area contributed by atoms with Crippen LogP contribution in [-0.4, -0.2) is 67.1 Å². The average molecular weight is 468 g/mol. The number of aromatic nitrogens is 2. The number of piperazine rings is 1. The number of amides is 1. The van der Waals surface area contributed by atoms with Gasteiger partial charge >= 0.3 is 0 Å². The first-order valence-electron chi connectivity index (χ1n) is 10.0. The fourth-order valence-electron chi connectivity index (χ4n) is 3.47. The van der Waals surface area contributed by atoms with Gasteiger partial charge in [0, 0.05) is 44.1 Å². The lowest BCUT2D eigenvalue weighted by Crippen LogP contribution is -2.48. The number of hydrogen-bond acceptors (Lipinski definition) is 8. The first kappa shape index (κ1) is 22.1. The van der Waals surface area contributed by atoms with E-state index in [1.165, 1.54) is 15.4 Å². The molecule has 0 radical (unpaired) electrons. The predicted octanol–water partition coefficient (Wildman–Crippen LogP) is 1.25. The highest BCUT2D eigenvalue weighted by Crippen LogP contribution is 2.30. The van der Waals surface area contributed by atoms with Crippen LogP contribution in [0.15, 0.2) is 18.3 Å². The molecule has 0 spiro atoms. The van der Waals surface area contributed by atoms with E-state index in [4.69, 9.17) is 5.73 Å². The maximum Gasteiger partial charge on any atom is 0.254 e. The number of carbonyl (C=O) groups is 1. The van der Waals surface area contributed by atoms with Gasteiger partial charge in [-0.1, -0.05) is 0 Å². The molecule has 1 saturated heterocycles. The van der Waals surface area contributed by atoms with Crippen molar-refractivity contribution in [3.63, 3.8) is 0 Å². The van der Waals surface area contributed by atoms with Gasteiger partial charge in [-0.15, -0.1) is 0 Å². The van der Waals surface area contributed by atoms with Crippen LogP contribution in [0.25, 0.3) is 0 Å². The maximum atomic E-state index is 14.8. The third-order valence-corrected chi connectivity index (χ3v) is 6.57. The van der Waals surface area contributed by atoms with Crippen LogP contribution in [0.4, 0.5) is 31.9 Å². The first-order chi connectivity index (χ1) is 15.1. The summed E-state index contributed by atoms with van der Waals surface area (Å²) in [6.45, 7) is 0.631. The van der Waals surface area contributed by atoms with Gasteiger partial charge in [0.25, 0.3) is 5.91 Å². The van der Waals surface area contributed by atoms with E-state index in [-0.39, 0.29) is 60.9 Å². The van der Waals surface area contributed by atoms with E-state index in [1.54, 1.807) is 0 Å². The maximum absolute atomic E-state index is 14.8. The quantitative estimate of drug-likeness (QED) is 0.554. The molecule has 2 heterocycles. The van der Waals surface area contributed by atoms with Crippen LogP contribution in [0, 0.1) is 11.6 Å². The Kier molecular flexibility index (Phi) is 5.86. The van der Waals surface area contributed by atoms with Crippen LogP contribution >= 0.6 is 0 Å². The molecular weight excluding hydrogens is 444 g/mol. The molecule has 0 unspecified atom stereocenters. The summed E-state index contributed by atoms with van der Waals surface area (Å²) in [7, 11) is -3.35. The third kappa shape index (κ3) is 4.88. The van der Waals surface area contributed by atoms with Gasteiger partial charge in [0.2, 0.25) is 16.0 Å². The van der Waals surface area contributed by atoms with Gasteiger partial charge in [-0.3, -0.25) is 4.79 Å². The first-order valence-corrected chi connectivity index (χ1v) is 11.9. The van der Waals surface area contributed by atoms with E-state index >= 15 is 0 Å². The van der Waals surface area contributed by atoms with Gasteiger partial charge in [0.1, 0.15) is 11.5 Å². The van der Waals surface area contributed by atoms with Crippen LogP contribution in [0.1, 0.15) is 23.2 Å². The molecule has 1 aliphatic carbocycles. The van der Waals surface area contributed by atoms with Crippen molar-refractivity contribution in [3.05, 3.63) is 35.5 Å². The molecule has 13 heteroatoms. The number of rotatable bonds is 7. The number of nitrogens with two attached hydrogens (primary N) is 1. The highest BCUT2D eigenvalue weighted by Gasteiger charge is 2.27. The Hall–Kier alpha value is -3.06. The average Bonchev–Trinajstić information content (AvgIpc) is 3.51. The zero-order chi connectivity index (χ0) is 23.0. The van der Waals surface area contributed by atoms with E-state index in [0.717, 1.165) is 31.2 Å². The van der Waals surface area contributed by atoms with E-state index in [0.29, 0.717) is 0 Å². The van der Waals surface area contributed by atoms with E-state index in [9.17, 15) is 22.0 Å². The summed E-state index contributed by atoms with van der Waals surface area (Å²) in [5.41, 5.74) is 5.35. The topological polar surface area (TPSA) is 134 Å². The number of anilines is 4. The van der Waals surface area contributed by atoms with Crippen LogP contribution in [0.5, 0.6) is 0 Å². The summed E-state index contributed by atoms with van der Waals surface area (Å²) in [5.74, 6) is -1.97. The third-order valence-electron chi connectivity index (χ3n) is 5.27. The van der Waals surface area contributed by atoms with E-state index in [2.05, 4.69) is 20.6 Å². The molecule has 2 aromatic rings. The van der Waals surface area contributed by atoms with E-state index < -0.39 is 27.6 Å². The van der Waals surface area contributed by atoms with Crippen molar-refractivity contribution in [1.29, 1.82) is 0 Å². The number of halogens is 2. The number of primary amides is 1. The van der Waals surface area contributed by atoms with Crippen LogP contribution in [-0.2, 0) is 10.0 Å². The van der Waals surface area contributed by atoms with Crippen molar-refractivity contribution < 1.29 is 22.0 Å². The summed E-state index contributed by atoms with van der Waals surface area (Å²) in [4.78, 5) is 21.3. The van der Waals surface area contributed by atoms with Crippen molar-refractivity contribution >= 4 is 39.1 Å². The van der Waals surface area contributed by atoms with Crippen molar-refractivity contribution in [2.45, 2.75) is 18.9 Å². The molecule has 2 fully saturated rings. The lowest BCUT2D eigenvalue weighted by atomic mass is 10.2.